The van der Waals surface area contributed by atoms with Crippen molar-refractivity contribution in [1.29, 1.82) is 0 Å². The van der Waals surface area contributed by atoms with Crippen molar-refractivity contribution in [3.63, 3.8) is 0 Å². The van der Waals surface area contributed by atoms with E-state index in [9.17, 15) is 4.79 Å². The van der Waals surface area contributed by atoms with Gasteiger partial charge >= 0.3 is 0 Å². The monoisotopic (exact) mass is 401 g/mol. The van der Waals surface area contributed by atoms with Crippen molar-refractivity contribution in [3.05, 3.63) is 65.2 Å². The van der Waals surface area contributed by atoms with Crippen LogP contribution < -0.4 is 4.74 Å². The van der Waals surface area contributed by atoms with Crippen molar-refractivity contribution in [2.45, 2.75) is 20.4 Å². The fourth-order valence-electron chi connectivity index (χ4n) is 3.89. The molecule has 0 aliphatic carbocycles. The molecule has 7 nitrogen and oxygen atoms in total. The number of carbonyl (C=O) groups is 1. The van der Waals surface area contributed by atoms with Gasteiger partial charge in [0, 0.05) is 24.8 Å². The molecule has 7 heteroatoms. The first kappa shape index (κ1) is 18.4. The Morgan fingerprint density at radius 2 is 1.90 bits per heavy atom. The van der Waals surface area contributed by atoms with Crippen LogP contribution >= 0.6 is 0 Å². The highest BCUT2D eigenvalue weighted by molar-refractivity contribution is 5.92. The number of carbonyl (C=O) groups excluding carboxylic acids is 1. The summed E-state index contributed by atoms with van der Waals surface area (Å²) in [5, 5.41) is 4.34. The molecule has 0 spiro atoms. The number of fused-ring (bicyclic) bond motifs is 2. The molecule has 0 unspecified atom stereocenters. The van der Waals surface area contributed by atoms with Gasteiger partial charge in [-0.25, -0.2) is 4.98 Å². The second-order valence-corrected chi connectivity index (χ2v) is 7.75. The zero-order valence-corrected chi connectivity index (χ0v) is 17.3. The summed E-state index contributed by atoms with van der Waals surface area (Å²) in [5.74, 6) is 1.65. The maximum atomic E-state index is 13.0. The van der Waals surface area contributed by atoms with E-state index in [1.54, 1.807) is 9.58 Å². The van der Waals surface area contributed by atoms with Crippen LogP contribution in [0.15, 0.2) is 42.5 Å². The quantitative estimate of drug-likeness (QED) is 0.557. The van der Waals surface area contributed by atoms with E-state index in [2.05, 4.69) is 39.3 Å². The smallest absolute Gasteiger partial charge is 0.274 e. The van der Waals surface area contributed by atoms with Crippen LogP contribution in [0.3, 0.4) is 0 Å². The number of hydrogen-bond donors (Lipinski definition) is 1. The van der Waals surface area contributed by atoms with Gasteiger partial charge in [0.2, 0.25) is 0 Å². The lowest BCUT2D eigenvalue weighted by Crippen LogP contribution is -2.32. The molecule has 5 rings (SSSR count). The molecule has 0 fully saturated rings. The molecule has 4 aromatic rings. The highest BCUT2D eigenvalue weighted by Crippen LogP contribution is 2.31. The molecule has 30 heavy (non-hydrogen) atoms. The van der Waals surface area contributed by atoms with Crippen molar-refractivity contribution < 1.29 is 9.53 Å². The lowest BCUT2D eigenvalue weighted by molar-refractivity contribution is 0.0726. The van der Waals surface area contributed by atoms with E-state index >= 15 is 0 Å². The zero-order valence-electron chi connectivity index (χ0n) is 17.3. The molecule has 1 aliphatic heterocycles. The van der Waals surface area contributed by atoms with E-state index in [0.717, 1.165) is 45.0 Å². The van der Waals surface area contributed by atoms with E-state index in [0.29, 0.717) is 25.4 Å². The summed E-state index contributed by atoms with van der Waals surface area (Å²) in [6.07, 6.45) is 0. The average Bonchev–Trinajstić information content (AvgIpc) is 3.18. The normalized spacial score (nSPS) is 13.8. The van der Waals surface area contributed by atoms with Crippen LogP contribution in [0, 0.1) is 13.8 Å². The minimum atomic E-state index is -0.0750. The van der Waals surface area contributed by atoms with Crippen LogP contribution in [0.25, 0.3) is 22.2 Å². The number of benzene rings is 2. The van der Waals surface area contributed by atoms with E-state index in [1.165, 1.54) is 0 Å². The maximum absolute atomic E-state index is 13.0. The first-order chi connectivity index (χ1) is 14.5. The van der Waals surface area contributed by atoms with Crippen LogP contribution in [0.1, 0.15) is 27.6 Å². The minimum Gasteiger partial charge on any atom is -0.491 e. The lowest BCUT2D eigenvalue weighted by Gasteiger charge is -2.18. The number of nitrogens with one attached hydrogen (secondary N) is 1. The number of nitrogens with zero attached hydrogens (tertiary/aromatic N) is 4. The fraction of sp³-hybridized carbons (Fsp3) is 0.261. The summed E-state index contributed by atoms with van der Waals surface area (Å²) in [5.41, 5.74) is 6.53. The number of hydrogen-bond acceptors (Lipinski definition) is 4. The van der Waals surface area contributed by atoms with E-state index in [4.69, 9.17) is 4.74 Å². The SMILES string of the molecule is Cc1nc2cc(-c3ccc4c(c3)CN(C(=O)c3cc(C)n(C)n3)CCO4)ccc2[nH]1. The fourth-order valence-corrected chi connectivity index (χ4v) is 3.89. The number of amides is 1. The number of aromatic nitrogens is 4. The van der Waals surface area contributed by atoms with E-state index in [1.807, 2.05) is 39.1 Å². The van der Waals surface area contributed by atoms with Gasteiger partial charge in [0.1, 0.15) is 18.2 Å². The minimum absolute atomic E-state index is 0.0750. The molecule has 0 bridgehead atoms. The average molecular weight is 401 g/mol. The molecule has 0 saturated heterocycles. The topological polar surface area (TPSA) is 76.0 Å². The van der Waals surface area contributed by atoms with Gasteiger partial charge in [-0.2, -0.15) is 5.10 Å². The predicted molar refractivity (Wildman–Crippen MR) is 114 cm³/mol. The van der Waals surface area contributed by atoms with E-state index in [-0.39, 0.29) is 5.91 Å². The lowest BCUT2D eigenvalue weighted by atomic mass is 10.0. The molecule has 1 aliphatic rings. The highest BCUT2D eigenvalue weighted by atomic mass is 16.5. The van der Waals surface area contributed by atoms with Gasteiger partial charge in [-0.05, 0) is 55.3 Å². The van der Waals surface area contributed by atoms with Crippen LogP contribution in [0.5, 0.6) is 5.75 Å². The molecule has 0 radical (unpaired) electrons. The van der Waals surface area contributed by atoms with Crippen molar-refractivity contribution in [2.75, 3.05) is 13.2 Å². The standard InChI is InChI=1S/C23H23N5O2/c1-14-10-21(26-27(14)3)23(29)28-8-9-30-22-7-5-16(11-18(22)13-28)17-4-6-19-20(12-17)25-15(2)24-19/h4-7,10-12H,8-9,13H2,1-3H3,(H,24,25). The molecule has 1 N–H and O–H groups in total. The Morgan fingerprint density at radius 1 is 1.10 bits per heavy atom. The van der Waals surface area contributed by atoms with Crippen molar-refractivity contribution in [3.8, 4) is 16.9 Å². The Bertz CT molecular complexity index is 1250. The second kappa shape index (κ2) is 7.02. The third kappa shape index (κ3) is 3.22. The molecule has 2 aromatic carbocycles. The van der Waals surface area contributed by atoms with Crippen molar-refractivity contribution in [1.82, 2.24) is 24.6 Å². The van der Waals surface area contributed by atoms with Crippen LogP contribution in [-0.2, 0) is 13.6 Å². The summed E-state index contributed by atoms with van der Waals surface area (Å²) in [6, 6.07) is 14.2. The summed E-state index contributed by atoms with van der Waals surface area (Å²) >= 11 is 0. The number of aromatic amines is 1. The molecule has 152 valence electrons. The Balaban J connectivity index is 1.47. The highest BCUT2D eigenvalue weighted by Gasteiger charge is 2.23. The number of aryl methyl sites for hydroxylation is 3. The second-order valence-electron chi connectivity index (χ2n) is 7.75. The number of H-pyrrole nitrogens is 1. The zero-order chi connectivity index (χ0) is 20.8. The summed E-state index contributed by atoms with van der Waals surface area (Å²) < 4.78 is 7.64. The van der Waals surface area contributed by atoms with Crippen molar-refractivity contribution in [2.24, 2.45) is 7.05 Å². The first-order valence-electron chi connectivity index (χ1n) is 10.0. The van der Waals surface area contributed by atoms with Gasteiger partial charge in [-0.3, -0.25) is 9.48 Å². The van der Waals surface area contributed by atoms with Crippen molar-refractivity contribution >= 4 is 16.9 Å². The van der Waals surface area contributed by atoms with Gasteiger partial charge in [-0.1, -0.05) is 12.1 Å². The molecule has 3 heterocycles. The molecule has 2 aromatic heterocycles. The Labute approximate surface area is 174 Å². The predicted octanol–water partition coefficient (Wildman–Crippen LogP) is 3.62. The number of imidazole rings is 1. The molecule has 0 atom stereocenters. The Kier molecular flexibility index (Phi) is 4.31. The van der Waals surface area contributed by atoms with Gasteiger partial charge in [-0.15, -0.1) is 0 Å². The number of ether oxygens (including phenoxy) is 1. The Morgan fingerprint density at radius 3 is 2.70 bits per heavy atom. The first-order valence-corrected chi connectivity index (χ1v) is 10.0. The van der Waals surface area contributed by atoms with Gasteiger partial charge in [0.15, 0.2) is 5.69 Å². The number of rotatable bonds is 2. The largest absolute Gasteiger partial charge is 0.491 e. The maximum Gasteiger partial charge on any atom is 0.274 e. The third-order valence-electron chi connectivity index (χ3n) is 5.60. The summed E-state index contributed by atoms with van der Waals surface area (Å²) in [4.78, 5) is 22.6. The Hall–Kier alpha value is -3.61. The van der Waals surface area contributed by atoms with Crippen LogP contribution in [-0.4, -0.2) is 43.7 Å². The van der Waals surface area contributed by atoms with Gasteiger partial charge in [0.05, 0.1) is 17.6 Å². The molecular weight excluding hydrogens is 378 g/mol. The molecule has 1 amide bonds. The van der Waals surface area contributed by atoms with Gasteiger partial charge < -0.3 is 14.6 Å². The van der Waals surface area contributed by atoms with E-state index < -0.39 is 0 Å². The van der Waals surface area contributed by atoms with Crippen LogP contribution in [0.4, 0.5) is 0 Å². The summed E-state index contributed by atoms with van der Waals surface area (Å²) in [6.45, 7) is 5.36. The summed E-state index contributed by atoms with van der Waals surface area (Å²) in [7, 11) is 1.84. The molecule has 0 saturated carbocycles. The molecular formula is C23H23N5O2. The van der Waals surface area contributed by atoms with Gasteiger partial charge in [0.25, 0.3) is 5.91 Å². The van der Waals surface area contributed by atoms with Crippen LogP contribution in [0.2, 0.25) is 0 Å². The third-order valence-corrected chi connectivity index (χ3v) is 5.60.